The maximum absolute atomic E-state index is 15.2. The maximum Gasteiger partial charge on any atom is 0.414 e. The second kappa shape index (κ2) is 9.93. The number of nitrogens with zero attached hydrogens (tertiary/aromatic N) is 7. The number of hydrogen-bond acceptors (Lipinski definition) is 9. The van der Waals surface area contributed by atoms with E-state index in [-0.39, 0.29) is 62.0 Å². The SMILES string of the molecule is O=C1O[C@@H](Cn2ccnn2)CN1c1cc(F)c(N2CCNN(c3ccc([N+](=O)[O-])cc3F)CC2)c(F)c1. The molecule has 3 heterocycles. The molecule has 1 atom stereocenters. The number of hydrogen-bond donors (Lipinski definition) is 1. The van der Waals surface area contributed by atoms with Crippen molar-refractivity contribution in [1.82, 2.24) is 20.4 Å². The maximum atomic E-state index is 15.2. The molecule has 1 aromatic heterocycles. The highest BCUT2D eigenvalue weighted by atomic mass is 19.1. The number of cyclic esters (lactones) is 1. The first-order valence-corrected chi connectivity index (χ1v) is 11.3. The van der Waals surface area contributed by atoms with Crippen molar-refractivity contribution in [3.8, 4) is 0 Å². The summed E-state index contributed by atoms with van der Waals surface area (Å²) in [5.74, 6) is -2.52. The summed E-state index contributed by atoms with van der Waals surface area (Å²) in [5.41, 5.74) is 2.41. The molecule has 2 fully saturated rings. The van der Waals surface area contributed by atoms with Gasteiger partial charge in [-0.15, -0.1) is 5.10 Å². The Kier molecular flexibility index (Phi) is 6.52. The van der Waals surface area contributed by atoms with Crippen LogP contribution in [0.2, 0.25) is 0 Å². The summed E-state index contributed by atoms with van der Waals surface area (Å²) >= 11 is 0. The molecule has 15 heteroatoms. The number of halogens is 3. The highest BCUT2D eigenvalue weighted by Gasteiger charge is 2.34. The molecule has 37 heavy (non-hydrogen) atoms. The minimum atomic E-state index is -0.863. The summed E-state index contributed by atoms with van der Waals surface area (Å²) in [6.07, 6.45) is 1.80. The van der Waals surface area contributed by atoms with E-state index in [4.69, 9.17) is 4.74 Å². The Hall–Kier alpha value is -4.40. The number of anilines is 3. The normalized spacial score (nSPS) is 18.2. The first-order chi connectivity index (χ1) is 17.8. The first-order valence-electron chi connectivity index (χ1n) is 11.3. The van der Waals surface area contributed by atoms with Gasteiger partial charge in [-0.1, -0.05) is 5.21 Å². The van der Waals surface area contributed by atoms with Gasteiger partial charge in [0.1, 0.15) is 11.8 Å². The Morgan fingerprint density at radius 3 is 2.57 bits per heavy atom. The molecule has 2 aliphatic rings. The zero-order chi connectivity index (χ0) is 26.1. The predicted octanol–water partition coefficient (Wildman–Crippen LogP) is 2.46. The van der Waals surface area contributed by atoms with E-state index in [1.807, 2.05) is 0 Å². The summed E-state index contributed by atoms with van der Waals surface area (Å²) in [4.78, 5) is 25.1. The van der Waals surface area contributed by atoms with Crippen molar-refractivity contribution < 1.29 is 27.6 Å². The number of nitrogens with one attached hydrogen (secondary N) is 1. The van der Waals surface area contributed by atoms with Crippen molar-refractivity contribution in [2.45, 2.75) is 12.6 Å². The summed E-state index contributed by atoms with van der Waals surface area (Å²) in [6, 6.07) is 5.42. The molecule has 3 aromatic rings. The van der Waals surface area contributed by atoms with Gasteiger partial charge in [0.15, 0.2) is 17.5 Å². The van der Waals surface area contributed by atoms with E-state index in [0.717, 1.165) is 23.1 Å². The molecular formula is C22H21F3N8O4. The van der Waals surface area contributed by atoms with Crippen LogP contribution in [0.5, 0.6) is 0 Å². The molecule has 0 radical (unpaired) electrons. The Balaban J connectivity index is 1.29. The van der Waals surface area contributed by atoms with Crippen LogP contribution in [0, 0.1) is 27.6 Å². The number of benzene rings is 2. The van der Waals surface area contributed by atoms with Crippen molar-refractivity contribution in [2.75, 3.05) is 47.5 Å². The average molecular weight is 518 g/mol. The lowest BCUT2D eigenvalue weighted by molar-refractivity contribution is -0.385. The molecular weight excluding hydrogens is 497 g/mol. The van der Waals surface area contributed by atoms with E-state index in [9.17, 15) is 19.3 Å². The fourth-order valence-electron chi connectivity index (χ4n) is 4.37. The molecule has 2 saturated heterocycles. The van der Waals surface area contributed by atoms with Crippen LogP contribution in [-0.4, -0.2) is 64.8 Å². The Morgan fingerprint density at radius 1 is 1.11 bits per heavy atom. The van der Waals surface area contributed by atoms with Gasteiger partial charge in [0.25, 0.3) is 5.69 Å². The minimum absolute atomic E-state index is 0.0207. The van der Waals surface area contributed by atoms with Crippen molar-refractivity contribution in [3.63, 3.8) is 0 Å². The number of amides is 1. The number of aromatic nitrogens is 3. The van der Waals surface area contributed by atoms with E-state index in [0.29, 0.717) is 0 Å². The van der Waals surface area contributed by atoms with Crippen molar-refractivity contribution in [3.05, 3.63) is 70.3 Å². The molecule has 1 N–H and O–H groups in total. The van der Waals surface area contributed by atoms with Gasteiger partial charge in [-0.3, -0.25) is 15.0 Å². The van der Waals surface area contributed by atoms with Crippen LogP contribution >= 0.6 is 0 Å². The molecule has 12 nitrogen and oxygen atoms in total. The lowest BCUT2D eigenvalue weighted by Gasteiger charge is -2.25. The van der Waals surface area contributed by atoms with Crippen molar-refractivity contribution in [1.29, 1.82) is 0 Å². The van der Waals surface area contributed by atoms with Gasteiger partial charge in [-0.2, -0.15) is 0 Å². The molecule has 0 spiro atoms. The van der Waals surface area contributed by atoms with Gasteiger partial charge in [0.05, 0.1) is 48.2 Å². The molecule has 0 unspecified atom stereocenters. The average Bonchev–Trinajstić information content (AvgIpc) is 3.42. The fraction of sp³-hybridized carbons (Fsp3) is 0.318. The lowest BCUT2D eigenvalue weighted by atomic mass is 10.2. The summed E-state index contributed by atoms with van der Waals surface area (Å²) in [5, 5.41) is 19.8. The molecule has 0 saturated carbocycles. The number of hydrazine groups is 1. The van der Waals surface area contributed by atoms with Crippen LogP contribution in [0.4, 0.5) is 40.7 Å². The molecule has 2 aromatic carbocycles. The number of nitro benzene ring substituents is 1. The first kappa shape index (κ1) is 24.3. The van der Waals surface area contributed by atoms with Gasteiger partial charge in [-0.25, -0.2) is 28.1 Å². The van der Waals surface area contributed by atoms with Crippen LogP contribution in [0.1, 0.15) is 0 Å². The molecule has 194 valence electrons. The Morgan fingerprint density at radius 2 is 1.89 bits per heavy atom. The van der Waals surface area contributed by atoms with Crippen LogP contribution in [0.25, 0.3) is 0 Å². The highest BCUT2D eigenvalue weighted by Crippen LogP contribution is 2.32. The fourth-order valence-corrected chi connectivity index (χ4v) is 4.37. The minimum Gasteiger partial charge on any atom is -0.442 e. The zero-order valence-corrected chi connectivity index (χ0v) is 19.3. The molecule has 0 aliphatic carbocycles. The lowest BCUT2D eigenvalue weighted by Crippen LogP contribution is -2.39. The highest BCUT2D eigenvalue weighted by molar-refractivity contribution is 5.90. The van der Waals surface area contributed by atoms with E-state index >= 15 is 8.78 Å². The third-order valence-electron chi connectivity index (χ3n) is 6.08. The topological polar surface area (TPSA) is 122 Å². The second-order valence-corrected chi connectivity index (χ2v) is 8.44. The second-order valence-electron chi connectivity index (χ2n) is 8.44. The standard InChI is InChI=1S/C22H21F3N8O4/c23-17-9-14(33(35)36)1-2-20(17)32-8-7-29(5-4-27-32)21-18(24)10-15(11-19(21)25)31-13-16(37-22(31)34)12-30-6-3-26-28-30/h1-3,6,9-11,16,27H,4-5,7-8,12-13H2/t16-/m0/s1. The van der Waals surface area contributed by atoms with E-state index < -0.39 is 34.6 Å². The van der Waals surface area contributed by atoms with Gasteiger partial charge in [0, 0.05) is 44.0 Å². The number of ether oxygens (including phenoxy) is 1. The molecule has 1 amide bonds. The molecule has 5 rings (SSSR count). The Bertz CT molecular complexity index is 1300. The summed E-state index contributed by atoms with van der Waals surface area (Å²) < 4.78 is 51.6. The van der Waals surface area contributed by atoms with Gasteiger partial charge in [-0.05, 0) is 6.07 Å². The van der Waals surface area contributed by atoms with Crippen LogP contribution < -0.4 is 20.2 Å². The number of carbonyl (C=O) groups is 1. The number of nitro groups is 1. The number of non-ortho nitro benzene ring substituents is 1. The quantitative estimate of drug-likeness (QED) is 0.387. The van der Waals surface area contributed by atoms with Crippen molar-refractivity contribution >= 4 is 28.8 Å². The predicted molar refractivity (Wildman–Crippen MR) is 125 cm³/mol. The van der Waals surface area contributed by atoms with Crippen LogP contribution in [-0.2, 0) is 11.3 Å². The van der Waals surface area contributed by atoms with Gasteiger partial charge < -0.3 is 14.6 Å². The van der Waals surface area contributed by atoms with E-state index in [1.54, 1.807) is 6.20 Å². The number of rotatable bonds is 6. The smallest absolute Gasteiger partial charge is 0.414 e. The Labute approximate surface area is 207 Å². The largest absolute Gasteiger partial charge is 0.442 e. The van der Waals surface area contributed by atoms with Gasteiger partial charge in [0.2, 0.25) is 0 Å². The van der Waals surface area contributed by atoms with E-state index in [2.05, 4.69) is 15.7 Å². The third-order valence-corrected chi connectivity index (χ3v) is 6.08. The zero-order valence-electron chi connectivity index (χ0n) is 19.3. The van der Waals surface area contributed by atoms with Crippen LogP contribution in [0.15, 0.2) is 42.7 Å². The van der Waals surface area contributed by atoms with Crippen molar-refractivity contribution in [2.24, 2.45) is 0 Å². The summed E-state index contributed by atoms with van der Waals surface area (Å²) in [6.45, 7) is 1.02. The van der Waals surface area contributed by atoms with E-state index in [1.165, 1.54) is 32.9 Å². The van der Waals surface area contributed by atoms with Crippen LogP contribution in [0.3, 0.4) is 0 Å². The number of carbonyl (C=O) groups excluding carboxylic acids is 1. The molecule has 0 bridgehead atoms. The van der Waals surface area contributed by atoms with Gasteiger partial charge >= 0.3 is 6.09 Å². The molecule has 2 aliphatic heterocycles. The summed E-state index contributed by atoms with van der Waals surface area (Å²) in [7, 11) is 0. The third kappa shape index (κ3) is 4.97. The monoisotopic (exact) mass is 518 g/mol.